The van der Waals surface area contributed by atoms with Gasteiger partial charge < -0.3 is 25.2 Å². The second-order valence-corrected chi connectivity index (χ2v) is 6.84. The molecule has 1 aromatic heterocycles. The first-order valence-electron chi connectivity index (χ1n) is 6.62. The molecule has 27 heavy (non-hydrogen) atoms. The third kappa shape index (κ3) is 4.74. The maximum absolute atomic E-state index is 12.4. The first kappa shape index (κ1) is 23.3. The molecule has 13 nitrogen and oxygen atoms in total. The Morgan fingerprint density at radius 2 is 2.07 bits per heavy atom. The number of β-lactam (4-membered cyclic amide) rings is 1. The van der Waals surface area contributed by atoms with Gasteiger partial charge in [-0.25, -0.2) is 22.5 Å². The molecule has 1 aliphatic rings. The van der Waals surface area contributed by atoms with Crippen molar-refractivity contribution in [3.8, 4) is 0 Å². The fourth-order valence-corrected chi connectivity index (χ4v) is 3.47. The number of carbonyl (C=O) groups excluding carboxylic acids is 3. The Balaban J connectivity index is 0.00000364. The number of rotatable bonds is 6. The second-order valence-electron chi connectivity index (χ2n) is 4.70. The van der Waals surface area contributed by atoms with E-state index in [0.29, 0.717) is 0 Å². The van der Waals surface area contributed by atoms with Crippen molar-refractivity contribution in [2.45, 2.75) is 12.1 Å². The van der Waals surface area contributed by atoms with E-state index in [2.05, 4.69) is 25.0 Å². The number of thiazole rings is 1. The molecular weight excluding hydrogens is 417 g/mol. The summed E-state index contributed by atoms with van der Waals surface area (Å²) in [5, 5.41) is 7.10. The summed E-state index contributed by atoms with van der Waals surface area (Å²) in [5.41, 5.74) is 5.13. The number of nitrogens with zero attached hydrogens (tertiary/aromatic N) is 3. The Labute approximate surface area is 179 Å². The third-order valence-electron chi connectivity index (χ3n) is 3.18. The van der Waals surface area contributed by atoms with Gasteiger partial charge in [-0.3, -0.25) is 9.59 Å². The van der Waals surface area contributed by atoms with Crippen LogP contribution in [0.15, 0.2) is 10.5 Å². The van der Waals surface area contributed by atoms with Gasteiger partial charge in [0, 0.05) is 5.38 Å². The Morgan fingerprint density at radius 1 is 1.44 bits per heavy atom. The van der Waals surface area contributed by atoms with Crippen LogP contribution in [0.1, 0.15) is 5.69 Å². The number of oxime groups is 1. The van der Waals surface area contributed by atoms with E-state index >= 15 is 0 Å². The molecule has 0 aromatic carbocycles. The molecule has 0 saturated carbocycles. The Kier molecular flexibility index (Phi) is 7.70. The van der Waals surface area contributed by atoms with Crippen LogP contribution in [-0.2, 0) is 34.3 Å². The smallest absolute Gasteiger partial charge is 0.731 e. The summed E-state index contributed by atoms with van der Waals surface area (Å²) < 4.78 is 37.5. The summed E-state index contributed by atoms with van der Waals surface area (Å²) in [6, 6.07) is -3.47. The van der Waals surface area contributed by atoms with Gasteiger partial charge in [0.25, 0.3) is 11.8 Å². The number of nitrogens with two attached hydrogens (primary N) is 1. The molecule has 2 heterocycles. The van der Waals surface area contributed by atoms with Crippen LogP contribution in [0.2, 0.25) is 0 Å². The van der Waals surface area contributed by atoms with Crippen molar-refractivity contribution in [1.29, 1.82) is 0 Å². The Hall–Kier alpha value is -1.78. The van der Waals surface area contributed by atoms with E-state index < -0.39 is 40.2 Å². The molecule has 0 aliphatic carbocycles. The zero-order valence-electron chi connectivity index (χ0n) is 14.2. The predicted octanol–water partition coefficient (Wildman–Crippen LogP) is -5.59. The minimum atomic E-state index is -5.27. The van der Waals surface area contributed by atoms with Crippen LogP contribution in [0.3, 0.4) is 0 Å². The summed E-state index contributed by atoms with van der Waals surface area (Å²) in [5.74, 6) is -3.50. The molecule has 1 fully saturated rings. The number of methoxy groups -OCH3 is 1. The van der Waals surface area contributed by atoms with E-state index in [1.54, 1.807) is 0 Å². The number of esters is 1. The normalized spacial score (nSPS) is 19.6. The van der Waals surface area contributed by atoms with Gasteiger partial charge in [0.15, 0.2) is 27.2 Å². The van der Waals surface area contributed by atoms with Gasteiger partial charge in [-0.15, -0.1) is 11.3 Å². The number of amides is 2. The number of hydrogen-bond acceptors (Lipinski definition) is 12. The number of ether oxygens (including phenoxy) is 1. The quantitative estimate of drug-likeness (QED) is 0.110. The predicted molar refractivity (Wildman–Crippen MR) is 84.4 cm³/mol. The van der Waals surface area contributed by atoms with E-state index in [1.165, 1.54) is 5.38 Å². The van der Waals surface area contributed by atoms with Crippen molar-refractivity contribution in [2.24, 2.45) is 5.16 Å². The molecule has 0 unspecified atom stereocenters. The van der Waals surface area contributed by atoms with Gasteiger partial charge in [0.1, 0.15) is 18.8 Å². The van der Waals surface area contributed by atoms with Crippen molar-refractivity contribution in [1.82, 2.24) is 14.6 Å². The van der Waals surface area contributed by atoms with Crippen LogP contribution in [0.4, 0.5) is 5.13 Å². The average Bonchev–Trinajstić information content (AvgIpc) is 2.98. The van der Waals surface area contributed by atoms with Crippen molar-refractivity contribution in [2.75, 3.05) is 20.0 Å². The fourth-order valence-electron chi connectivity index (χ4n) is 2.11. The summed E-state index contributed by atoms with van der Waals surface area (Å²) in [6.45, 7) is 0. The first-order chi connectivity index (χ1) is 12.1. The summed E-state index contributed by atoms with van der Waals surface area (Å²) in [7, 11) is -3.19. The van der Waals surface area contributed by atoms with E-state index in [4.69, 9.17) is 5.73 Å². The standard InChI is InChI=1S/C11H13N5O8S2.Na/c1-23-10(19)7-6(9(18)16(7)26(20,21)22)14-8(17)5(15-24-2)4-3-25-11(12)13-4;/h3,6-7H,1-2H3,(H2,12,13)(H,14,17)(H,20,21,22);/q;+1/p-1/t6-,7+;/m0./s1. The Morgan fingerprint density at radius 3 is 2.52 bits per heavy atom. The number of aromatic nitrogens is 1. The van der Waals surface area contributed by atoms with Gasteiger partial charge >= 0.3 is 35.5 Å². The van der Waals surface area contributed by atoms with Gasteiger partial charge in [0.05, 0.1) is 7.11 Å². The van der Waals surface area contributed by atoms with E-state index in [1.807, 2.05) is 0 Å². The minimum Gasteiger partial charge on any atom is -0.731 e. The van der Waals surface area contributed by atoms with E-state index in [0.717, 1.165) is 25.6 Å². The van der Waals surface area contributed by atoms with Crippen LogP contribution in [0, 0.1) is 0 Å². The van der Waals surface area contributed by atoms with Gasteiger partial charge in [-0.1, -0.05) is 5.16 Å². The molecule has 1 saturated heterocycles. The van der Waals surface area contributed by atoms with Crippen LogP contribution in [-0.4, -0.2) is 72.1 Å². The van der Waals surface area contributed by atoms with Crippen molar-refractivity contribution in [3.05, 3.63) is 11.1 Å². The maximum atomic E-state index is 12.4. The van der Waals surface area contributed by atoms with Gasteiger partial charge in [0.2, 0.25) is 0 Å². The fraction of sp³-hybridized carbons (Fsp3) is 0.364. The van der Waals surface area contributed by atoms with Crippen LogP contribution in [0.25, 0.3) is 0 Å². The van der Waals surface area contributed by atoms with Gasteiger partial charge in [-0.05, 0) is 0 Å². The summed E-state index contributed by atoms with van der Waals surface area (Å²) in [6.07, 6.45) is 0. The molecule has 1 aliphatic heterocycles. The first-order valence-corrected chi connectivity index (χ1v) is 8.86. The zero-order chi connectivity index (χ0) is 19.6. The van der Waals surface area contributed by atoms with Crippen LogP contribution < -0.4 is 40.6 Å². The maximum Gasteiger partial charge on any atom is 1.00 e. The third-order valence-corrected chi connectivity index (χ3v) is 4.75. The molecule has 3 N–H and O–H groups in total. The van der Waals surface area contributed by atoms with Crippen molar-refractivity contribution in [3.63, 3.8) is 0 Å². The van der Waals surface area contributed by atoms with E-state index in [-0.39, 0.29) is 50.4 Å². The molecule has 16 heteroatoms. The van der Waals surface area contributed by atoms with Gasteiger partial charge in [-0.2, -0.15) is 0 Å². The Bertz CT molecular complexity index is 885. The monoisotopic (exact) mass is 429 g/mol. The molecule has 1 aromatic rings. The second kappa shape index (κ2) is 8.94. The van der Waals surface area contributed by atoms with Crippen molar-refractivity contribution < 1.29 is 66.5 Å². The van der Waals surface area contributed by atoms with E-state index in [9.17, 15) is 27.4 Å². The molecule has 2 rings (SSSR count). The number of nitrogen functional groups attached to an aromatic ring is 1. The summed E-state index contributed by atoms with van der Waals surface area (Å²) in [4.78, 5) is 44.4. The van der Waals surface area contributed by atoms with Crippen molar-refractivity contribution >= 4 is 50.3 Å². The molecular formula is C11H12N5NaO8S2. The molecule has 0 bridgehead atoms. The molecule has 2 atom stereocenters. The zero-order valence-corrected chi connectivity index (χ0v) is 17.9. The van der Waals surface area contributed by atoms with Crippen LogP contribution >= 0.6 is 11.3 Å². The average molecular weight is 429 g/mol. The number of nitrogens with one attached hydrogen (secondary N) is 1. The summed E-state index contributed by atoms with van der Waals surface area (Å²) >= 11 is 1.01. The number of hydrogen-bond donors (Lipinski definition) is 2. The number of carbonyl (C=O) groups is 3. The number of anilines is 1. The SMILES string of the molecule is CON=C(C(=O)N[C@@H]1C(=O)N(S(=O)(=O)[O-])[C@H]1C(=O)OC)c1csc(N)n1.[Na+]. The minimum absolute atomic E-state index is 0. The molecule has 0 radical (unpaired) electrons. The largest absolute Gasteiger partial charge is 1.00 e. The molecule has 142 valence electrons. The molecule has 2 amide bonds. The van der Waals surface area contributed by atoms with Crippen LogP contribution in [0.5, 0.6) is 0 Å². The topological polar surface area (TPSA) is 193 Å². The molecule has 0 spiro atoms.